The number of phenols is 1. The van der Waals surface area contributed by atoms with Crippen molar-refractivity contribution in [2.45, 2.75) is 5.75 Å². The van der Waals surface area contributed by atoms with Gasteiger partial charge in [-0.2, -0.15) is 0 Å². The van der Waals surface area contributed by atoms with Crippen molar-refractivity contribution in [3.63, 3.8) is 0 Å². The van der Waals surface area contributed by atoms with E-state index in [1.54, 1.807) is 24.3 Å². The fourth-order valence-corrected chi connectivity index (χ4v) is 2.26. The number of fused-ring (bicyclic) bond motifs is 1. The maximum atomic E-state index is 11.1. The molecule has 0 radical (unpaired) electrons. The Morgan fingerprint density at radius 1 is 1.33 bits per heavy atom. The van der Waals surface area contributed by atoms with Crippen LogP contribution in [0.15, 0.2) is 24.3 Å². The molecule has 0 aliphatic heterocycles. The summed E-state index contributed by atoms with van der Waals surface area (Å²) in [4.78, 5) is 2.99. The molecule has 2 N–H and O–H groups in total. The summed E-state index contributed by atoms with van der Waals surface area (Å²) in [5.74, 6) is 0.162. The van der Waals surface area contributed by atoms with Crippen LogP contribution < -0.4 is 0 Å². The Morgan fingerprint density at radius 2 is 2.07 bits per heavy atom. The van der Waals surface area contributed by atoms with Crippen molar-refractivity contribution in [1.29, 1.82) is 0 Å². The molecule has 80 valence electrons. The zero-order chi connectivity index (χ0) is 11.1. The first-order chi connectivity index (χ1) is 6.94. The van der Waals surface area contributed by atoms with Gasteiger partial charge in [-0.15, -0.1) is 0 Å². The first kappa shape index (κ1) is 10.0. The van der Waals surface area contributed by atoms with E-state index in [1.165, 1.54) is 6.26 Å². The van der Waals surface area contributed by atoms with E-state index in [0.29, 0.717) is 5.69 Å². The van der Waals surface area contributed by atoms with E-state index in [4.69, 9.17) is 0 Å². The summed E-state index contributed by atoms with van der Waals surface area (Å²) in [6.45, 7) is 0. The highest BCUT2D eigenvalue weighted by molar-refractivity contribution is 7.89. The van der Waals surface area contributed by atoms with Gasteiger partial charge in [0.15, 0.2) is 9.84 Å². The SMILES string of the molecule is CS(=O)(=O)Cc1cc2cc(O)ccc2[nH]1. The Bertz CT molecular complexity index is 598. The van der Waals surface area contributed by atoms with E-state index in [9.17, 15) is 13.5 Å². The molecule has 4 nitrogen and oxygen atoms in total. The molecule has 0 spiro atoms. The van der Waals surface area contributed by atoms with Crippen LogP contribution in [0.2, 0.25) is 0 Å². The van der Waals surface area contributed by atoms with Crippen molar-refractivity contribution in [3.05, 3.63) is 30.0 Å². The second kappa shape index (κ2) is 3.27. The quantitative estimate of drug-likeness (QED) is 0.812. The zero-order valence-corrected chi connectivity index (χ0v) is 9.00. The average molecular weight is 225 g/mol. The molecule has 0 amide bonds. The number of aromatic amines is 1. The van der Waals surface area contributed by atoms with E-state index < -0.39 is 9.84 Å². The van der Waals surface area contributed by atoms with E-state index >= 15 is 0 Å². The third-order valence-electron chi connectivity index (χ3n) is 2.08. The Labute approximate surface area is 87.5 Å². The summed E-state index contributed by atoms with van der Waals surface area (Å²) < 4.78 is 22.2. The van der Waals surface area contributed by atoms with Crippen molar-refractivity contribution in [3.8, 4) is 5.75 Å². The number of rotatable bonds is 2. The molecule has 15 heavy (non-hydrogen) atoms. The molecule has 0 aliphatic rings. The van der Waals surface area contributed by atoms with Gasteiger partial charge in [-0.1, -0.05) is 0 Å². The van der Waals surface area contributed by atoms with Crippen molar-refractivity contribution < 1.29 is 13.5 Å². The lowest BCUT2D eigenvalue weighted by Gasteiger charge is -1.92. The maximum absolute atomic E-state index is 11.1. The first-order valence-corrected chi connectivity index (χ1v) is 6.48. The zero-order valence-electron chi connectivity index (χ0n) is 8.19. The molecule has 0 bridgehead atoms. The van der Waals surface area contributed by atoms with Gasteiger partial charge in [-0.05, 0) is 24.3 Å². The molecule has 0 fully saturated rings. The number of aromatic hydroxyl groups is 1. The predicted octanol–water partition coefficient (Wildman–Crippen LogP) is 1.42. The molecule has 1 heterocycles. The van der Waals surface area contributed by atoms with Crippen molar-refractivity contribution in [2.75, 3.05) is 6.26 Å². The van der Waals surface area contributed by atoms with Crippen LogP contribution in [-0.2, 0) is 15.6 Å². The standard InChI is InChI=1S/C10H11NO3S/c1-15(13,14)6-8-4-7-5-9(12)2-3-10(7)11-8/h2-5,11-12H,6H2,1H3. The second-order valence-electron chi connectivity index (χ2n) is 3.64. The maximum Gasteiger partial charge on any atom is 0.153 e. The number of phenolic OH excluding ortho intramolecular Hbond substituents is 1. The molecule has 0 saturated carbocycles. The highest BCUT2D eigenvalue weighted by Crippen LogP contribution is 2.21. The summed E-state index contributed by atoms with van der Waals surface area (Å²) in [7, 11) is -3.03. The molecule has 2 aromatic rings. The molecule has 0 saturated heterocycles. The fourth-order valence-electron chi connectivity index (χ4n) is 1.54. The highest BCUT2D eigenvalue weighted by atomic mass is 32.2. The van der Waals surface area contributed by atoms with E-state index in [-0.39, 0.29) is 11.5 Å². The topological polar surface area (TPSA) is 70.2 Å². The minimum atomic E-state index is -3.03. The van der Waals surface area contributed by atoms with Gasteiger partial charge in [-0.25, -0.2) is 8.42 Å². The smallest absolute Gasteiger partial charge is 0.153 e. The minimum absolute atomic E-state index is 0.0115. The van der Waals surface area contributed by atoms with Gasteiger partial charge >= 0.3 is 0 Å². The number of hydrogen-bond donors (Lipinski definition) is 2. The van der Waals surface area contributed by atoms with Crippen LogP contribution in [0.1, 0.15) is 5.69 Å². The van der Waals surface area contributed by atoms with Gasteiger partial charge in [0.25, 0.3) is 0 Å². The van der Waals surface area contributed by atoms with Gasteiger partial charge in [-0.3, -0.25) is 0 Å². The average Bonchev–Trinajstić information content (AvgIpc) is 2.42. The third kappa shape index (κ3) is 2.30. The van der Waals surface area contributed by atoms with Gasteiger partial charge < -0.3 is 10.1 Å². The van der Waals surface area contributed by atoms with Crippen LogP contribution in [-0.4, -0.2) is 24.8 Å². The summed E-state index contributed by atoms with van der Waals surface area (Å²) >= 11 is 0. The number of benzene rings is 1. The summed E-state index contributed by atoms with van der Waals surface area (Å²) in [6, 6.07) is 6.60. The van der Waals surface area contributed by atoms with Gasteiger partial charge in [0, 0.05) is 22.9 Å². The number of H-pyrrole nitrogens is 1. The molecular weight excluding hydrogens is 214 g/mol. The molecule has 1 aromatic carbocycles. The van der Waals surface area contributed by atoms with Crippen molar-refractivity contribution in [1.82, 2.24) is 4.98 Å². The van der Waals surface area contributed by atoms with E-state index in [2.05, 4.69) is 4.98 Å². The minimum Gasteiger partial charge on any atom is -0.508 e. The Hall–Kier alpha value is -1.49. The van der Waals surface area contributed by atoms with Crippen LogP contribution in [0.3, 0.4) is 0 Å². The van der Waals surface area contributed by atoms with Crippen LogP contribution in [0.25, 0.3) is 10.9 Å². The molecule has 1 aromatic heterocycles. The number of aromatic nitrogens is 1. The molecule has 0 atom stereocenters. The van der Waals surface area contributed by atoms with Crippen molar-refractivity contribution >= 4 is 20.7 Å². The molecule has 0 aliphatic carbocycles. The molecule has 0 unspecified atom stereocenters. The van der Waals surface area contributed by atoms with Crippen LogP contribution in [0.5, 0.6) is 5.75 Å². The first-order valence-electron chi connectivity index (χ1n) is 4.42. The Balaban J connectivity index is 2.48. The monoisotopic (exact) mass is 225 g/mol. The van der Waals surface area contributed by atoms with Crippen LogP contribution >= 0.6 is 0 Å². The lowest BCUT2D eigenvalue weighted by atomic mass is 10.2. The lowest BCUT2D eigenvalue weighted by Crippen LogP contribution is -2.00. The van der Waals surface area contributed by atoms with Crippen LogP contribution in [0, 0.1) is 0 Å². The Kier molecular flexibility index (Phi) is 2.19. The summed E-state index contributed by atoms with van der Waals surface area (Å²) in [6.07, 6.45) is 1.19. The van der Waals surface area contributed by atoms with Gasteiger partial charge in [0.1, 0.15) is 5.75 Å². The molecule has 5 heteroatoms. The van der Waals surface area contributed by atoms with E-state index in [1.807, 2.05) is 0 Å². The number of nitrogens with one attached hydrogen (secondary N) is 1. The Morgan fingerprint density at radius 3 is 2.73 bits per heavy atom. The highest BCUT2D eigenvalue weighted by Gasteiger charge is 2.07. The summed E-state index contributed by atoms with van der Waals surface area (Å²) in [5.41, 5.74) is 1.46. The van der Waals surface area contributed by atoms with E-state index in [0.717, 1.165) is 10.9 Å². The van der Waals surface area contributed by atoms with Crippen molar-refractivity contribution in [2.24, 2.45) is 0 Å². The largest absolute Gasteiger partial charge is 0.508 e. The number of sulfone groups is 1. The fraction of sp³-hybridized carbons (Fsp3) is 0.200. The van der Waals surface area contributed by atoms with Crippen LogP contribution in [0.4, 0.5) is 0 Å². The normalized spacial score (nSPS) is 12.1. The van der Waals surface area contributed by atoms with Gasteiger partial charge in [0.2, 0.25) is 0 Å². The number of hydrogen-bond acceptors (Lipinski definition) is 3. The lowest BCUT2D eigenvalue weighted by molar-refractivity contribution is 0.476. The second-order valence-corrected chi connectivity index (χ2v) is 5.78. The predicted molar refractivity (Wildman–Crippen MR) is 58.5 cm³/mol. The summed E-state index contributed by atoms with van der Waals surface area (Å²) in [5, 5.41) is 10.1. The molecule has 2 rings (SSSR count). The molecular formula is C10H11NO3S. The third-order valence-corrected chi connectivity index (χ3v) is 2.91. The van der Waals surface area contributed by atoms with Gasteiger partial charge in [0.05, 0.1) is 5.75 Å².